The predicted octanol–water partition coefficient (Wildman–Crippen LogP) is 4.03. The molecule has 0 atom stereocenters. The van der Waals surface area contributed by atoms with Gasteiger partial charge in [-0.3, -0.25) is 4.79 Å². The van der Waals surface area contributed by atoms with Crippen LogP contribution in [0.1, 0.15) is 22.8 Å². The zero-order valence-corrected chi connectivity index (χ0v) is 14.0. The summed E-state index contributed by atoms with van der Waals surface area (Å²) in [4.78, 5) is 23.2. The third-order valence-corrected chi connectivity index (χ3v) is 3.78. The Bertz CT molecular complexity index is 736. The van der Waals surface area contributed by atoms with Crippen LogP contribution < -0.4 is 5.32 Å². The summed E-state index contributed by atoms with van der Waals surface area (Å²) in [5.41, 5.74) is 2.10. The van der Waals surface area contributed by atoms with Crippen molar-refractivity contribution in [2.45, 2.75) is 6.92 Å². The maximum Gasteiger partial charge on any atom is 0.337 e. The summed E-state index contributed by atoms with van der Waals surface area (Å²) in [5.74, 6) is -1.43. The van der Waals surface area contributed by atoms with Gasteiger partial charge in [0.15, 0.2) is 0 Å². The van der Waals surface area contributed by atoms with Gasteiger partial charge in [-0.1, -0.05) is 24.3 Å². The lowest BCUT2D eigenvalue weighted by atomic mass is 10.1. The molecule has 2 N–H and O–H groups in total. The van der Waals surface area contributed by atoms with Crippen molar-refractivity contribution >= 4 is 45.7 Å². The smallest absolute Gasteiger partial charge is 0.337 e. The second kappa shape index (κ2) is 7.22. The van der Waals surface area contributed by atoms with Gasteiger partial charge in [0.05, 0.1) is 11.3 Å². The van der Waals surface area contributed by atoms with Crippen LogP contribution in [0.3, 0.4) is 0 Å². The normalized spacial score (nSPS) is 11.1. The van der Waals surface area contributed by atoms with Crippen LogP contribution in [0.25, 0.3) is 5.57 Å². The lowest BCUT2D eigenvalue weighted by Gasteiger charge is -2.07. The number of amides is 1. The van der Waals surface area contributed by atoms with Crippen molar-refractivity contribution in [3.63, 3.8) is 0 Å². The first-order valence-electron chi connectivity index (χ1n) is 6.55. The monoisotopic (exact) mass is 407 g/mol. The standard InChI is InChI=1S/C17H14INO3/c1-11(12-6-8-13(18)9-7-12)10-16(20)19-15-5-3-2-4-14(15)17(21)22/h2-10H,1H3,(H,19,20)(H,21,22). The van der Waals surface area contributed by atoms with Gasteiger partial charge in [-0.25, -0.2) is 4.79 Å². The quantitative estimate of drug-likeness (QED) is 0.594. The van der Waals surface area contributed by atoms with E-state index in [0.717, 1.165) is 14.7 Å². The van der Waals surface area contributed by atoms with Crippen molar-refractivity contribution in [2.24, 2.45) is 0 Å². The van der Waals surface area contributed by atoms with E-state index in [0.29, 0.717) is 0 Å². The van der Waals surface area contributed by atoms with Crippen LogP contribution in [0.15, 0.2) is 54.6 Å². The van der Waals surface area contributed by atoms with Crippen LogP contribution in [-0.2, 0) is 4.79 Å². The number of nitrogens with one attached hydrogen (secondary N) is 1. The number of allylic oxidation sites excluding steroid dienone is 1. The Morgan fingerprint density at radius 1 is 1.09 bits per heavy atom. The number of carboxylic acid groups (broad SMARTS) is 1. The number of carboxylic acids is 1. The molecule has 4 nitrogen and oxygen atoms in total. The van der Waals surface area contributed by atoms with E-state index in [9.17, 15) is 9.59 Å². The highest BCUT2D eigenvalue weighted by atomic mass is 127. The first-order chi connectivity index (χ1) is 10.5. The van der Waals surface area contributed by atoms with E-state index >= 15 is 0 Å². The largest absolute Gasteiger partial charge is 0.478 e. The number of carbonyl (C=O) groups is 2. The van der Waals surface area contributed by atoms with Crippen molar-refractivity contribution in [1.29, 1.82) is 0 Å². The van der Waals surface area contributed by atoms with Crippen LogP contribution in [0.2, 0.25) is 0 Å². The maximum absolute atomic E-state index is 12.1. The van der Waals surface area contributed by atoms with Gasteiger partial charge in [0.25, 0.3) is 0 Å². The number of rotatable bonds is 4. The fourth-order valence-corrected chi connectivity index (χ4v) is 2.30. The summed E-state index contributed by atoms with van der Waals surface area (Å²) >= 11 is 2.22. The summed E-state index contributed by atoms with van der Waals surface area (Å²) in [6, 6.07) is 14.1. The van der Waals surface area contributed by atoms with Gasteiger partial charge in [0.1, 0.15) is 0 Å². The lowest BCUT2D eigenvalue weighted by Crippen LogP contribution is -2.12. The van der Waals surface area contributed by atoms with Crippen LogP contribution in [-0.4, -0.2) is 17.0 Å². The highest BCUT2D eigenvalue weighted by Crippen LogP contribution is 2.18. The Balaban J connectivity index is 2.18. The average Bonchev–Trinajstić information content (AvgIpc) is 2.48. The summed E-state index contributed by atoms with van der Waals surface area (Å²) in [5, 5.41) is 11.7. The van der Waals surface area contributed by atoms with E-state index in [1.807, 2.05) is 31.2 Å². The number of para-hydroxylation sites is 1. The molecule has 0 aliphatic heterocycles. The van der Waals surface area contributed by atoms with E-state index in [1.54, 1.807) is 18.2 Å². The topological polar surface area (TPSA) is 66.4 Å². The van der Waals surface area contributed by atoms with Crippen molar-refractivity contribution < 1.29 is 14.7 Å². The molecule has 0 heterocycles. The molecular weight excluding hydrogens is 393 g/mol. The van der Waals surface area contributed by atoms with E-state index in [1.165, 1.54) is 12.1 Å². The van der Waals surface area contributed by atoms with E-state index in [2.05, 4.69) is 27.9 Å². The summed E-state index contributed by atoms with van der Waals surface area (Å²) in [7, 11) is 0. The minimum Gasteiger partial charge on any atom is -0.478 e. The number of aromatic carboxylic acids is 1. The summed E-state index contributed by atoms with van der Waals surface area (Å²) < 4.78 is 1.12. The molecule has 1 amide bonds. The van der Waals surface area contributed by atoms with Gasteiger partial charge in [-0.15, -0.1) is 0 Å². The fraction of sp³-hybridized carbons (Fsp3) is 0.0588. The van der Waals surface area contributed by atoms with Gasteiger partial charge >= 0.3 is 5.97 Å². The third-order valence-electron chi connectivity index (χ3n) is 3.06. The van der Waals surface area contributed by atoms with Crippen molar-refractivity contribution in [3.05, 3.63) is 69.3 Å². The molecule has 2 aromatic rings. The molecule has 22 heavy (non-hydrogen) atoms. The average molecular weight is 407 g/mol. The first kappa shape index (κ1) is 16.2. The second-order valence-corrected chi connectivity index (χ2v) is 5.92. The molecule has 2 aromatic carbocycles. The van der Waals surface area contributed by atoms with Gasteiger partial charge in [0.2, 0.25) is 5.91 Å². The molecule has 0 aromatic heterocycles. The van der Waals surface area contributed by atoms with Crippen LogP contribution in [0.5, 0.6) is 0 Å². The molecule has 0 fully saturated rings. The Morgan fingerprint density at radius 2 is 1.73 bits per heavy atom. The number of hydrogen-bond donors (Lipinski definition) is 2. The molecule has 2 rings (SSSR count). The second-order valence-electron chi connectivity index (χ2n) is 4.67. The number of benzene rings is 2. The molecule has 0 bridgehead atoms. The number of anilines is 1. The Kier molecular flexibility index (Phi) is 5.32. The molecule has 112 valence electrons. The molecule has 0 radical (unpaired) electrons. The van der Waals surface area contributed by atoms with Crippen LogP contribution in [0.4, 0.5) is 5.69 Å². The van der Waals surface area contributed by atoms with E-state index < -0.39 is 5.97 Å². The Morgan fingerprint density at radius 3 is 2.36 bits per heavy atom. The first-order valence-corrected chi connectivity index (χ1v) is 7.63. The molecule has 0 aliphatic carbocycles. The number of halogens is 1. The zero-order chi connectivity index (χ0) is 16.1. The molecule has 0 saturated carbocycles. The van der Waals surface area contributed by atoms with Crippen LogP contribution in [0, 0.1) is 3.57 Å². The minimum atomic E-state index is -1.07. The van der Waals surface area contributed by atoms with Gasteiger partial charge in [0, 0.05) is 9.65 Å². The van der Waals surface area contributed by atoms with Crippen LogP contribution >= 0.6 is 22.6 Å². The van der Waals surface area contributed by atoms with Gasteiger partial charge in [-0.05, 0) is 64.9 Å². The summed E-state index contributed by atoms with van der Waals surface area (Å²) in [6.07, 6.45) is 1.46. The SMILES string of the molecule is CC(=CC(=O)Nc1ccccc1C(=O)O)c1ccc(I)cc1. The predicted molar refractivity (Wildman–Crippen MR) is 94.8 cm³/mol. The number of hydrogen-bond acceptors (Lipinski definition) is 2. The van der Waals surface area contributed by atoms with E-state index in [-0.39, 0.29) is 17.2 Å². The molecule has 5 heteroatoms. The Hall–Kier alpha value is -2.15. The molecule has 0 unspecified atom stereocenters. The Labute approximate surface area is 142 Å². The third kappa shape index (κ3) is 4.17. The number of carbonyl (C=O) groups excluding carboxylic acids is 1. The highest BCUT2D eigenvalue weighted by Gasteiger charge is 2.10. The minimum absolute atomic E-state index is 0.0659. The van der Waals surface area contributed by atoms with Gasteiger partial charge < -0.3 is 10.4 Å². The van der Waals surface area contributed by atoms with Crippen molar-refractivity contribution in [1.82, 2.24) is 0 Å². The molecule has 0 saturated heterocycles. The molecule has 0 spiro atoms. The molecule has 0 aliphatic rings. The zero-order valence-electron chi connectivity index (χ0n) is 11.8. The highest BCUT2D eigenvalue weighted by molar-refractivity contribution is 14.1. The van der Waals surface area contributed by atoms with Gasteiger partial charge in [-0.2, -0.15) is 0 Å². The van der Waals surface area contributed by atoms with Crippen molar-refractivity contribution in [3.8, 4) is 0 Å². The van der Waals surface area contributed by atoms with Crippen molar-refractivity contribution in [2.75, 3.05) is 5.32 Å². The fourth-order valence-electron chi connectivity index (χ4n) is 1.94. The summed E-state index contributed by atoms with van der Waals surface area (Å²) in [6.45, 7) is 1.84. The molecular formula is C17H14INO3. The van der Waals surface area contributed by atoms with E-state index in [4.69, 9.17) is 5.11 Å². The lowest BCUT2D eigenvalue weighted by molar-refractivity contribution is -0.111. The maximum atomic E-state index is 12.1.